The van der Waals surface area contributed by atoms with Gasteiger partial charge in [-0.3, -0.25) is 0 Å². The van der Waals surface area contributed by atoms with Crippen LogP contribution in [0.4, 0.5) is 4.39 Å². The van der Waals surface area contributed by atoms with Gasteiger partial charge in [0.15, 0.2) is 5.96 Å². The molecule has 0 radical (unpaired) electrons. The summed E-state index contributed by atoms with van der Waals surface area (Å²) in [6.45, 7) is 6.62. The molecule has 0 aliphatic rings. The molecule has 1 aromatic carbocycles. The summed E-state index contributed by atoms with van der Waals surface area (Å²) < 4.78 is 13.1. The number of nitrogens with two attached hydrogens (primary N) is 1. The molecule has 0 aromatic heterocycles. The van der Waals surface area contributed by atoms with E-state index >= 15 is 0 Å². The number of hydrogen-bond donors (Lipinski definition) is 2. The first kappa shape index (κ1) is 18.2. The number of rotatable bonds is 5. The summed E-state index contributed by atoms with van der Waals surface area (Å²) in [7, 11) is 0. The largest absolute Gasteiger partial charge is 0.370 e. The molecule has 0 aliphatic carbocycles. The molecule has 19 heavy (non-hydrogen) atoms. The van der Waals surface area contributed by atoms with Gasteiger partial charge in [0.25, 0.3) is 0 Å². The summed E-state index contributed by atoms with van der Waals surface area (Å²) in [5.74, 6) is 0.0841. The molecule has 1 aromatic rings. The van der Waals surface area contributed by atoms with Crippen LogP contribution in [0.2, 0.25) is 0 Å². The molecule has 0 bridgehead atoms. The topological polar surface area (TPSA) is 50.4 Å². The highest BCUT2D eigenvalue weighted by atomic mass is 127. The molecule has 0 aliphatic heterocycles. The van der Waals surface area contributed by atoms with Gasteiger partial charge in [0.1, 0.15) is 5.82 Å². The minimum atomic E-state index is -0.258. The van der Waals surface area contributed by atoms with Gasteiger partial charge in [0, 0.05) is 11.4 Å². The molecule has 106 valence electrons. The van der Waals surface area contributed by atoms with Crippen LogP contribution in [-0.2, 0) is 6.54 Å². The first-order chi connectivity index (χ1) is 8.52. The number of benzene rings is 1. The summed E-state index contributed by atoms with van der Waals surface area (Å²) in [5, 5.41) is 2.93. The Kier molecular flexibility index (Phi) is 8.82. The van der Waals surface area contributed by atoms with Crippen molar-refractivity contribution in [3.05, 3.63) is 41.7 Å². The molecule has 1 rings (SSSR count). The van der Waals surface area contributed by atoms with E-state index in [0.717, 1.165) is 16.0 Å². The second-order valence-electron chi connectivity index (χ2n) is 3.97. The van der Waals surface area contributed by atoms with E-state index in [-0.39, 0.29) is 29.8 Å². The number of halogens is 2. The predicted octanol–water partition coefficient (Wildman–Crippen LogP) is 3.15. The molecule has 3 N–H and O–H groups in total. The highest BCUT2D eigenvalue weighted by Crippen LogP contribution is 2.21. The van der Waals surface area contributed by atoms with Gasteiger partial charge in [-0.2, -0.15) is 0 Å². The molecule has 0 spiro atoms. The summed E-state index contributed by atoms with van der Waals surface area (Å²) in [6, 6.07) is 4.69. The Morgan fingerprint density at radius 1 is 1.53 bits per heavy atom. The smallest absolute Gasteiger partial charge is 0.189 e. The van der Waals surface area contributed by atoms with Gasteiger partial charge in [-0.1, -0.05) is 12.2 Å². The number of aliphatic imine (C=N–C) groups is 1. The third-order valence-electron chi connectivity index (χ3n) is 2.23. The lowest BCUT2D eigenvalue weighted by Gasteiger charge is -2.07. The second-order valence-corrected chi connectivity index (χ2v) is 4.82. The van der Waals surface area contributed by atoms with Crippen molar-refractivity contribution in [1.29, 1.82) is 0 Å². The highest BCUT2D eigenvalue weighted by Gasteiger charge is 2.03. The Morgan fingerprint density at radius 2 is 2.21 bits per heavy atom. The molecule has 0 heterocycles. The number of thioether (sulfide) groups is 1. The van der Waals surface area contributed by atoms with Crippen molar-refractivity contribution in [3.8, 4) is 0 Å². The van der Waals surface area contributed by atoms with Gasteiger partial charge < -0.3 is 11.1 Å². The normalized spacial score (nSPS) is 10.8. The van der Waals surface area contributed by atoms with Crippen LogP contribution in [0.15, 0.2) is 40.2 Å². The molecule has 0 unspecified atom stereocenters. The van der Waals surface area contributed by atoms with Crippen molar-refractivity contribution in [2.24, 2.45) is 10.7 Å². The van der Waals surface area contributed by atoms with E-state index in [2.05, 4.69) is 16.9 Å². The number of guanidine groups is 1. The van der Waals surface area contributed by atoms with Crippen molar-refractivity contribution in [2.75, 3.05) is 12.8 Å². The van der Waals surface area contributed by atoms with Crippen LogP contribution in [-0.4, -0.2) is 18.8 Å². The van der Waals surface area contributed by atoms with Crippen molar-refractivity contribution in [1.82, 2.24) is 5.32 Å². The molecular formula is C13H19FIN3S. The van der Waals surface area contributed by atoms with Crippen LogP contribution in [0.5, 0.6) is 0 Å². The van der Waals surface area contributed by atoms with E-state index in [1.54, 1.807) is 17.8 Å². The van der Waals surface area contributed by atoms with Crippen LogP contribution < -0.4 is 11.1 Å². The third-order valence-corrected chi connectivity index (χ3v) is 3.07. The van der Waals surface area contributed by atoms with Gasteiger partial charge in [0.2, 0.25) is 0 Å². The zero-order valence-electron chi connectivity index (χ0n) is 11.1. The van der Waals surface area contributed by atoms with Crippen LogP contribution in [0, 0.1) is 5.82 Å². The number of nitrogens with one attached hydrogen (secondary N) is 1. The minimum absolute atomic E-state index is 0. The molecule has 0 atom stereocenters. The maximum absolute atomic E-state index is 13.1. The van der Waals surface area contributed by atoms with Gasteiger partial charge >= 0.3 is 0 Å². The fraction of sp³-hybridized carbons (Fsp3) is 0.308. The Balaban J connectivity index is 0.00000324. The average molecular weight is 395 g/mol. The van der Waals surface area contributed by atoms with Crippen molar-refractivity contribution < 1.29 is 4.39 Å². The zero-order valence-corrected chi connectivity index (χ0v) is 14.2. The third kappa shape index (κ3) is 6.81. The van der Waals surface area contributed by atoms with E-state index in [0.29, 0.717) is 19.0 Å². The molecule has 6 heteroatoms. The van der Waals surface area contributed by atoms with Crippen LogP contribution >= 0.6 is 35.7 Å². The van der Waals surface area contributed by atoms with Crippen LogP contribution in [0.1, 0.15) is 12.5 Å². The minimum Gasteiger partial charge on any atom is -0.370 e. The molecule has 0 amide bonds. The van der Waals surface area contributed by atoms with E-state index in [1.807, 2.05) is 13.2 Å². The summed E-state index contributed by atoms with van der Waals surface area (Å²) in [6.07, 6.45) is 1.95. The molecule has 3 nitrogen and oxygen atoms in total. The maximum Gasteiger partial charge on any atom is 0.189 e. The molecular weight excluding hydrogens is 376 g/mol. The lowest BCUT2D eigenvalue weighted by atomic mass is 10.2. The quantitative estimate of drug-likeness (QED) is 0.265. The highest BCUT2D eigenvalue weighted by molar-refractivity contribution is 14.0. The van der Waals surface area contributed by atoms with Crippen molar-refractivity contribution >= 4 is 41.7 Å². The van der Waals surface area contributed by atoms with E-state index in [9.17, 15) is 4.39 Å². The Bertz CT molecular complexity index is 463. The van der Waals surface area contributed by atoms with Gasteiger partial charge in [-0.05, 0) is 36.9 Å². The molecule has 0 fully saturated rings. The first-order valence-corrected chi connectivity index (χ1v) is 6.76. The van der Waals surface area contributed by atoms with E-state index in [4.69, 9.17) is 5.73 Å². The van der Waals surface area contributed by atoms with Crippen molar-refractivity contribution in [2.45, 2.75) is 18.4 Å². The predicted molar refractivity (Wildman–Crippen MR) is 91.7 cm³/mol. The summed E-state index contributed by atoms with van der Waals surface area (Å²) in [4.78, 5) is 5.19. The van der Waals surface area contributed by atoms with Crippen molar-refractivity contribution in [3.63, 3.8) is 0 Å². The first-order valence-electron chi connectivity index (χ1n) is 5.53. The maximum atomic E-state index is 13.1. The Labute approximate surface area is 135 Å². The fourth-order valence-electron chi connectivity index (χ4n) is 1.34. The standard InChI is InChI=1S/C13H18FN3S.HI/c1-9(2)7-16-13(15)17-8-10-6-11(14)4-5-12(10)18-3;/h4-6H,1,7-8H2,2-3H3,(H3,15,16,17);1H. The van der Waals surface area contributed by atoms with E-state index in [1.165, 1.54) is 12.1 Å². The molecule has 0 saturated carbocycles. The fourth-order valence-corrected chi connectivity index (χ4v) is 1.93. The van der Waals surface area contributed by atoms with Crippen LogP contribution in [0.3, 0.4) is 0 Å². The average Bonchev–Trinajstić information content (AvgIpc) is 2.34. The second kappa shape index (κ2) is 9.19. The van der Waals surface area contributed by atoms with Gasteiger partial charge in [-0.25, -0.2) is 9.38 Å². The lowest BCUT2D eigenvalue weighted by Crippen LogP contribution is -2.32. The monoisotopic (exact) mass is 395 g/mol. The summed E-state index contributed by atoms with van der Waals surface area (Å²) in [5.41, 5.74) is 7.51. The summed E-state index contributed by atoms with van der Waals surface area (Å²) >= 11 is 1.56. The Hall–Kier alpha value is -0.760. The SMILES string of the molecule is C=C(C)CNC(N)=NCc1cc(F)ccc1SC.I. The number of nitrogens with zero attached hydrogens (tertiary/aromatic N) is 1. The zero-order chi connectivity index (χ0) is 13.5. The molecule has 0 saturated heterocycles. The Morgan fingerprint density at radius 3 is 2.79 bits per heavy atom. The van der Waals surface area contributed by atoms with Gasteiger partial charge in [-0.15, -0.1) is 35.7 Å². The van der Waals surface area contributed by atoms with Crippen LogP contribution in [0.25, 0.3) is 0 Å². The lowest BCUT2D eigenvalue weighted by molar-refractivity contribution is 0.623. The number of hydrogen-bond acceptors (Lipinski definition) is 2. The van der Waals surface area contributed by atoms with Gasteiger partial charge in [0.05, 0.1) is 6.54 Å². The van der Waals surface area contributed by atoms with E-state index < -0.39 is 0 Å².